The molecule has 2 aromatic carbocycles. The molecule has 0 aromatic heterocycles. The fourth-order valence-corrected chi connectivity index (χ4v) is 4.16. The van der Waals surface area contributed by atoms with E-state index in [0.717, 1.165) is 28.3 Å². The van der Waals surface area contributed by atoms with Gasteiger partial charge in [-0.15, -0.1) is 12.4 Å². The Balaban J connectivity index is 0.00000306. The maximum atomic E-state index is 13.2. The SMILES string of the molecule is CNCCc1ccc(CNc2cccc3c2C(=O)N(C2CCC(=O)N(C)C2=O)C3=O)cc1.Cl. The second kappa shape index (κ2) is 10.1. The van der Waals surface area contributed by atoms with Gasteiger partial charge in [0, 0.05) is 25.7 Å². The number of benzene rings is 2. The van der Waals surface area contributed by atoms with Crippen LogP contribution in [0.4, 0.5) is 5.69 Å². The molecule has 9 heteroatoms. The number of anilines is 1. The van der Waals surface area contributed by atoms with Crippen LogP contribution >= 0.6 is 12.4 Å². The molecule has 0 spiro atoms. The molecule has 1 unspecified atom stereocenters. The van der Waals surface area contributed by atoms with Gasteiger partial charge in [-0.25, -0.2) is 0 Å². The largest absolute Gasteiger partial charge is 0.380 e. The number of carbonyl (C=O) groups is 4. The van der Waals surface area contributed by atoms with Gasteiger partial charge in [-0.3, -0.25) is 29.0 Å². The third kappa shape index (κ3) is 4.62. The Hall–Kier alpha value is -3.23. The highest BCUT2D eigenvalue weighted by molar-refractivity contribution is 6.25. The summed E-state index contributed by atoms with van der Waals surface area (Å²) in [7, 11) is 3.30. The van der Waals surface area contributed by atoms with Crippen molar-refractivity contribution in [2.45, 2.75) is 31.8 Å². The predicted octanol–water partition coefficient (Wildman–Crippen LogP) is 2.23. The maximum absolute atomic E-state index is 13.2. The molecule has 2 N–H and O–H groups in total. The Morgan fingerprint density at radius 1 is 0.970 bits per heavy atom. The molecule has 4 rings (SSSR count). The Labute approximate surface area is 198 Å². The van der Waals surface area contributed by atoms with Gasteiger partial charge in [0.1, 0.15) is 6.04 Å². The molecule has 0 bridgehead atoms. The molecule has 2 aliphatic rings. The smallest absolute Gasteiger partial charge is 0.264 e. The van der Waals surface area contributed by atoms with E-state index >= 15 is 0 Å². The highest BCUT2D eigenvalue weighted by Crippen LogP contribution is 2.33. The fraction of sp³-hybridized carbons (Fsp3) is 0.333. The van der Waals surface area contributed by atoms with Crippen molar-refractivity contribution in [2.24, 2.45) is 0 Å². The monoisotopic (exact) mass is 470 g/mol. The highest BCUT2D eigenvalue weighted by atomic mass is 35.5. The van der Waals surface area contributed by atoms with Crippen LogP contribution in [-0.4, -0.2) is 60.1 Å². The number of fused-ring (bicyclic) bond motifs is 1. The minimum Gasteiger partial charge on any atom is -0.380 e. The number of amides is 4. The van der Waals surface area contributed by atoms with Gasteiger partial charge in [0.2, 0.25) is 5.91 Å². The van der Waals surface area contributed by atoms with Crippen LogP contribution in [0, 0.1) is 0 Å². The Morgan fingerprint density at radius 2 is 1.67 bits per heavy atom. The van der Waals surface area contributed by atoms with E-state index < -0.39 is 23.8 Å². The highest BCUT2D eigenvalue weighted by Gasteiger charge is 2.47. The third-order valence-corrected chi connectivity index (χ3v) is 6.05. The van der Waals surface area contributed by atoms with Gasteiger partial charge in [-0.1, -0.05) is 30.3 Å². The number of hydrogen-bond acceptors (Lipinski definition) is 6. The predicted molar refractivity (Wildman–Crippen MR) is 126 cm³/mol. The lowest BCUT2D eigenvalue weighted by molar-refractivity contribution is -0.149. The van der Waals surface area contributed by atoms with E-state index in [-0.39, 0.29) is 42.3 Å². The van der Waals surface area contributed by atoms with Crippen LogP contribution in [0.2, 0.25) is 0 Å². The molecule has 8 nitrogen and oxygen atoms in total. The van der Waals surface area contributed by atoms with E-state index in [1.165, 1.54) is 12.6 Å². The molecule has 2 heterocycles. The molecule has 1 fully saturated rings. The number of hydrogen-bond donors (Lipinski definition) is 2. The van der Waals surface area contributed by atoms with Crippen molar-refractivity contribution >= 4 is 41.7 Å². The molecule has 2 aromatic rings. The van der Waals surface area contributed by atoms with Crippen molar-refractivity contribution in [1.29, 1.82) is 0 Å². The molecule has 1 atom stereocenters. The molecule has 33 heavy (non-hydrogen) atoms. The number of likely N-dealkylation sites (N-methyl/N-ethyl adjacent to an activating group) is 2. The normalized spacial score (nSPS) is 17.8. The summed E-state index contributed by atoms with van der Waals surface area (Å²) in [6, 6.07) is 12.3. The first kappa shape index (κ1) is 24.4. The van der Waals surface area contributed by atoms with Gasteiger partial charge in [-0.2, -0.15) is 0 Å². The lowest BCUT2D eigenvalue weighted by Crippen LogP contribution is -2.54. The zero-order valence-corrected chi connectivity index (χ0v) is 19.4. The average Bonchev–Trinajstić information content (AvgIpc) is 3.06. The molecular weight excluding hydrogens is 444 g/mol. The number of nitrogens with one attached hydrogen (secondary N) is 2. The van der Waals surface area contributed by atoms with Crippen molar-refractivity contribution < 1.29 is 19.2 Å². The minimum absolute atomic E-state index is 0. The van der Waals surface area contributed by atoms with Crippen molar-refractivity contribution in [3.8, 4) is 0 Å². The maximum Gasteiger partial charge on any atom is 0.264 e. The Kier molecular flexibility index (Phi) is 7.50. The van der Waals surface area contributed by atoms with Gasteiger partial charge >= 0.3 is 0 Å². The van der Waals surface area contributed by atoms with E-state index in [9.17, 15) is 19.2 Å². The van der Waals surface area contributed by atoms with Crippen LogP contribution in [-0.2, 0) is 22.6 Å². The molecule has 2 aliphatic heterocycles. The Bertz CT molecular complexity index is 1090. The summed E-state index contributed by atoms with van der Waals surface area (Å²) in [5.41, 5.74) is 3.38. The second-order valence-corrected chi connectivity index (χ2v) is 8.08. The molecular formula is C24H27ClN4O4. The molecule has 4 amide bonds. The van der Waals surface area contributed by atoms with Crippen LogP contribution < -0.4 is 10.6 Å². The van der Waals surface area contributed by atoms with Gasteiger partial charge < -0.3 is 10.6 Å². The van der Waals surface area contributed by atoms with Gasteiger partial charge in [0.05, 0.1) is 11.1 Å². The lowest BCUT2D eigenvalue weighted by Gasteiger charge is -2.32. The average molecular weight is 471 g/mol. The zero-order chi connectivity index (χ0) is 22.8. The second-order valence-electron chi connectivity index (χ2n) is 8.08. The van der Waals surface area contributed by atoms with E-state index in [0.29, 0.717) is 12.2 Å². The first-order valence-electron chi connectivity index (χ1n) is 10.7. The van der Waals surface area contributed by atoms with Crippen molar-refractivity contribution in [1.82, 2.24) is 15.1 Å². The molecule has 0 radical (unpaired) electrons. The van der Waals surface area contributed by atoms with Gasteiger partial charge in [0.25, 0.3) is 17.7 Å². The van der Waals surface area contributed by atoms with Crippen molar-refractivity contribution in [2.75, 3.05) is 26.0 Å². The Morgan fingerprint density at radius 3 is 2.36 bits per heavy atom. The van der Waals surface area contributed by atoms with E-state index in [2.05, 4.69) is 22.8 Å². The number of carbonyl (C=O) groups excluding carboxylic acids is 4. The number of halogens is 1. The van der Waals surface area contributed by atoms with Crippen LogP contribution in [0.3, 0.4) is 0 Å². The first-order valence-corrected chi connectivity index (χ1v) is 10.7. The summed E-state index contributed by atoms with van der Waals surface area (Å²) < 4.78 is 0. The van der Waals surface area contributed by atoms with Gasteiger partial charge in [-0.05, 0) is 49.7 Å². The summed E-state index contributed by atoms with van der Waals surface area (Å²) >= 11 is 0. The van der Waals surface area contributed by atoms with Crippen LogP contribution in [0.25, 0.3) is 0 Å². The molecule has 174 valence electrons. The van der Waals surface area contributed by atoms with E-state index in [4.69, 9.17) is 0 Å². The zero-order valence-electron chi connectivity index (χ0n) is 18.6. The number of imide groups is 2. The summed E-state index contributed by atoms with van der Waals surface area (Å²) in [5.74, 6) is -1.83. The van der Waals surface area contributed by atoms with Crippen LogP contribution in [0.15, 0.2) is 42.5 Å². The lowest BCUT2D eigenvalue weighted by atomic mass is 10.0. The quantitative estimate of drug-likeness (QED) is 0.602. The topological polar surface area (TPSA) is 98.8 Å². The molecule has 0 saturated carbocycles. The number of likely N-dealkylation sites (tertiary alicyclic amines) is 1. The van der Waals surface area contributed by atoms with E-state index in [1.54, 1.807) is 18.2 Å². The van der Waals surface area contributed by atoms with Crippen molar-refractivity contribution in [3.05, 3.63) is 64.7 Å². The first-order chi connectivity index (χ1) is 15.4. The van der Waals surface area contributed by atoms with Gasteiger partial charge in [0.15, 0.2) is 0 Å². The number of nitrogens with zero attached hydrogens (tertiary/aromatic N) is 2. The van der Waals surface area contributed by atoms with Crippen LogP contribution in [0.1, 0.15) is 44.7 Å². The number of piperidine rings is 1. The summed E-state index contributed by atoms with van der Waals surface area (Å²) in [6.45, 7) is 1.40. The van der Waals surface area contributed by atoms with E-state index in [1.807, 2.05) is 19.2 Å². The van der Waals surface area contributed by atoms with Crippen molar-refractivity contribution in [3.63, 3.8) is 0 Å². The number of rotatable bonds is 7. The summed E-state index contributed by atoms with van der Waals surface area (Å²) in [6.07, 6.45) is 1.22. The van der Waals surface area contributed by atoms with Crippen LogP contribution in [0.5, 0.6) is 0 Å². The minimum atomic E-state index is -0.955. The fourth-order valence-electron chi connectivity index (χ4n) is 4.16. The third-order valence-electron chi connectivity index (χ3n) is 6.05. The standard InChI is InChI=1S/C24H26N4O4.ClH/c1-25-13-12-15-6-8-16(9-7-15)14-26-18-5-3-4-17-21(18)24(32)28(22(17)30)19-10-11-20(29)27(2)23(19)31;/h3-9,19,25-26H,10-14H2,1-2H3;1H. The summed E-state index contributed by atoms with van der Waals surface area (Å²) in [5, 5.41) is 6.39. The summed E-state index contributed by atoms with van der Waals surface area (Å²) in [4.78, 5) is 52.6. The molecule has 1 saturated heterocycles. The molecule has 0 aliphatic carbocycles.